The Bertz CT molecular complexity index is 684. The number of hydrogen-bond donors (Lipinski definition) is 0. The monoisotopic (exact) mass is 400 g/mol. The van der Waals surface area contributed by atoms with Crippen molar-refractivity contribution in [1.29, 1.82) is 0 Å². The molecular formula is C18H16BrF3O2. The summed E-state index contributed by atoms with van der Waals surface area (Å²) in [5.74, 6) is -0.359. The van der Waals surface area contributed by atoms with Crippen LogP contribution < -0.4 is 0 Å². The van der Waals surface area contributed by atoms with Gasteiger partial charge in [-0.2, -0.15) is 13.2 Å². The molecule has 0 unspecified atom stereocenters. The molecule has 6 heteroatoms. The molecule has 0 aliphatic heterocycles. The van der Waals surface area contributed by atoms with Crippen LogP contribution in [0.2, 0.25) is 0 Å². The third-order valence-electron chi connectivity index (χ3n) is 3.44. The molecule has 24 heavy (non-hydrogen) atoms. The Morgan fingerprint density at radius 2 is 1.79 bits per heavy atom. The van der Waals surface area contributed by atoms with Crippen LogP contribution in [0.3, 0.4) is 0 Å². The summed E-state index contributed by atoms with van der Waals surface area (Å²) in [5, 5.41) is 0. The molecule has 2 aromatic carbocycles. The van der Waals surface area contributed by atoms with Crippen LogP contribution in [0.25, 0.3) is 0 Å². The highest BCUT2D eigenvalue weighted by Gasteiger charge is 2.30. The molecule has 0 N–H and O–H groups in total. The molecule has 0 saturated carbocycles. The van der Waals surface area contributed by atoms with Crippen LogP contribution >= 0.6 is 15.9 Å². The van der Waals surface area contributed by atoms with Gasteiger partial charge in [0.25, 0.3) is 0 Å². The average Bonchev–Trinajstić information content (AvgIpc) is 2.54. The first-order chi connectivity index (χ1) is 11.4. The second kappa shape index (κ2) is 8.33. The molecule has 0 saturated heterocycles. The summed E-state index contributed by atoms with van der Waals surface area (Å²) >= 11 is 3.24. The number of carbonyl (C=O) groups is 1. The van der Waals surface area contributed by atoms with Crippen LogP contribution in [0, 0.1) is 0 Å². The van der Waals surface area contributed by atoms with Gasteiger partial charge in [-0.3, -0.25) is 4.79 Å². The van der Waals surface area contributed by atoms with E-state index in [0.717, 1.165) is 17.7 Å². The Kier molecular flexibility index (Phi) is 6.43. The van der Waals surface area contributed by atoms with Gasteiger partial charge < -0.3 is 4.74 Å². The Morgan fingerprint density at radius 1 is 1.08 bits per heavy atom. The highest BCUT2D eigenvalue weighted by atomic mass is 79.9. The molecule has 0 aromatic heterocycles. The Balaban J connectivity index is 1.82. The molecule has 2 nitrogen and oxygen atoms in total. The van der Waals surface area contributed by atoms with Gasteiger partial charge in [-0.15, -0.1) is 0 Å². The van der Waals surface area contributed by atoms with Gasteiger partial charge in [-0.1, -0.05) is 46.3 Å². The number of halogens is 4. The Morgan fingerprint density at radius 3 is 2.46 bits per heavy atom. The predicted molar refractivity (Wildman–Crippen MR) is 88.3 cm³/mol. The summed E-state index contributed by atoms with van der Waals surface area (Å²) in [6.07, 6.45) is -3.42. The van der Waals surface area contributed by atoms with E-state index >= 15 is 0 Å². The number of esters is 1. The Hall–Kier alpha value is -1.82. The number of benzene rings is 2. The van der Waals surface area contributed by atoms with Crippen molar-refractivity contribution >= 4 is 21.9 Å². The smallest absolute Gasteiger partial charge is 0.416 e. The lowest BCUT2D eigenvalue weighted by Gasteiger charge is -2.10. The van der Waals surface area contributed by atoms with Crippen molar-refractivity contribution in [3.05, 3.63) is 69.7 Å². The van der Waals surface area contributed by atoms with E-state index in [1.54, 1.807) is 0 Å². The second-order valence-electron chi connectivity index (χ2n) is 5.30. The summed E-state index contributed by atoms with van der Waals surface area (Å²) in [7, 11) is 0. The van der Waals surface area contributed by atoms with E-state index in [1.165, 1.54) is 6.07 Å². The fourth-order valence-electron chi connectivity index (χ4n) is 2.18. The van der Waals surface area contributed by atoms with Gasteiger partial charge in [0, 0.05) is 10.9 Å². The number of aryl methyl sites for hydroxylation is 1. The zero-order chi connectivity index (χ0) is 17.6. The molecule has 0 aliphatic rings. The summed E-state index contributed by atoms with van der Waals surface area (Å²) < 4.78 is 43.9. The fourth-order valence-corrected chi connectivity index (χ4v) is 2.62. The number of alkyl halides is 3. The molecule has 0 bridgehead atoms. The van der Waals surface area contributed by atoms with Crippen LogP contribution in [0.15, 0.2) is 53.0 Å². The third kappa shape index (κ3) is 5.67. The summed E-state index contributed by atoms with van der Waals surface area (Å²) in [5.41, 5.74) is 0.736. The van der Waals surface area contributed by atoms with E-state index in [-0.39, 0.29) is 19.0 Å². The fraction of sp³-hybridized carbons (Fsp3) is 0.278. The van der Waals surface area contributed by atoms with E-state index in [0.29, 0.717) is 22.9 Å². The van der Waals surface area contributed by atoms with Crippen molar-refractivity contribution in [2.24, 2.45) is 0 Å². The number of carbonyl (C=O) groups excluding carboxylic acids is 1. The van der Waals surface area contributed by atoms with Gasteiger partial charge in [-0.05, 0) is 42.2 Å². The van der Waals surface area contributed by atoms with E-state index in [2.05, 4.69) is 15.9 Å². The first-order valence-corrected chi connectivity index (χ1v) is 8.21. The average molecular weight is 401 g/mol. The molecule has 2 aromatic rings. The SMILES string of the molecule is O=C(CCCc1cc(C(F)(F)F)ccc1Br)OCc1ccccc1. The largest absolute Gasteiger partial charge is 0.461 e. The normalized spacial score (nSPS) is 11.3. The maximum Gasteiger partial charge on any atom is 0.416 e. The van der Waals surface area contributed by atoms with Crippen LogP contribution in [0.4, 0.5) is 13.2 Å². The highest BCUT2D eigenvalue weighted by Crippen LogP contribution is 2.32. The molecule has 0 fully saturated rings. The minimum Gasteiger partial charge on any atom is -0.461 e. The zero-order valence-corrected chi connectivity index (χ0v) is 14.4. The van der Waals surface area contributed by atoms with E-state index in [4.69, 9.17) is 4.74 Å². The van der Waals surface area contributed by atoms with Crippen LogP contribution in [-0.4, -0.2) is 5.97 Å². The van der Waals surface area contributed by atoms with Crippen molar-refractivity contribution in [3.63, 3.8) is 0 Å². The lowest BCUT2D eigenvalue weighted by molar-refractivity contribution is -0.145. The summed E-state index contributed by atoms with van der Waals surface area (Å²) in [6.45, 7) is 0.201. The molecule has 2 rings (SSSR count). The molecule has 0 atom stereocenters. The molecule has 0 amide bonds. The predicted octanol–water partition coefficient (Wildman–Crippen LogP) is 5.53. The standard InChI is InChI=1S/C18H16BrF3O2/c19-16-10-9-15(18(20,21)22)11-14(16)7-4-8-17(23)24-12-13-5-2-1-3-6-13/h1-3,5-6,9-11H,4,7-8,12H2. The van der Waals surface area contributed by atoms with Gasteiger partial charge in [0.05, 0.1) is 5.56 Å². The lowest BCUT2D eigenvalue weighted by Crippen LogP contribution is -2.07. The maximum atomic E-state index is 12.7. The quantitative estimate of drug-likeness (QED) is 0.595. The molecule has 128 valence electrons. The number of ether oxygens (including phenoxy) is 1. The second-order valence-corrected chi connectivity index (χ2v) is 6.16. The lowest BCUT2D eigenvalue weighted by atomic mass is 10.0. The van der Waals surface area contributed by atoms with Crippen molar-refractivity contribution < 1.29 is 22.7 Å². The van der Waals surface area contributed by atoms with Crippen LogP contribution in [0.1, 0.15) is 29.5 Å². The Labute approximate surface area is 146 Å². The van der Waals surface area contributed by atoms with Gasteiger partial charge in [0.1, 0.15) is 6.61 Å². The number of hydrogen-bond acceptors (Lipinski definition) is 2. The third-order valence-corrected chi connectivity index (χ3v) is 4.22. The summed E-state index contributed by atoms with van der Waals surface area (Å²) in [6, 6.07) is 12.8. The molecule has 0 aliphatic carbocycles. The van der Waals surface area contributed by atoms with Crippen molar-refractivity contribution in [3.8, 4) is 0 Å². The van der Waals surface area contributed by atoms with E-state index in [9.17, 15) is 18.0 Å². The first kappa shape index (κ1) is 18.5. The molecular weight excluding hydrogens is 385 g/mol. The maximum absolute atomic E-state index is 12.7. The summed E-state index contributed by atoms with van der Waals surface area (Å²) in [4.78, 5) is 11.7. The first-order valence-electron chi connectivity index (χ1n) is 7.41. The van der Waals surface area contributed by atoms with Gasteiger partial charge in [0.15, 0.2) is 0 Å². The molecule has 0 heterocycles. The van der Waals surface area contributed by atoms with E-state index in [1.807, 2.05) is 30.3 Å². The minimum atomic E-state index is -4.37. The van der Waals surface area contributed by atoms with Crippen LogP contribution in [-0.2, 0) is 28.7 Å². The van der Waals surface area contributed by atoms with Crippen molar-refractivity contribution in [2.45, 2.75) is 32.0 Å². The van der Waals surface area contributed by atoms with Gasteiger partial charge in [0.2, 0.25) is 0 Å². The van der Waals surface area contributed by atoms with Crippen LogP contribution in [0.5, 0.6) is 0 Å². The van der Waals surface area contributed by atoms with Gasteiger partial charge >= 0.3 is 12.1 Å². The molecule has 0 spiro atoms. The van der Waals surface area contributed by atoms with Crippen molar-refractivity contribution in [1.82, 2.24) is 0 Å². The highest BCUT2D eigenvalue weighted by molar-refractivity contribution is 9.10. The number of rotatable bonds is 6. The van der Waals surface area contributed by atoms with Gasteiger partial charge in [-0.25, -0.2) is 0 Å². The van der Waals surface area contributed by atoms with E-state index < -0.39 is 11.7 Å². The van der Waals surface area contributed by atoms with Crippen molar-refractivity contribution in [2.75, 3.05) is 0 Å². The topological polar surface area (TPSA) is 26.3 Å². The molecule has 0 radical (unpaired) electrons. The minimum absolute atomic E-state index is 0.162. The zero-order valence-electron chi connectivity index (χ0n) is 12.8.